The monoisotopic (exact) mass is 176 g/mol. The Bertz CT molecular complexity index is 77.8. The van der Waals surface area contributed by atoms with Crippen LogP contribution in [0.25, 0.3) is 0 Å². The summed E-state index contributed by atoms with van der Waals surface area (Å²) in [5.74, 6) is -0.891. The molecule has 38 valence electrons. The summed E-state index contributed by atoms with van der Waals surface area (Å²) in [4.78, 5) is 9.51. The first-order valence-electron chi connectivity index (χ1n) is 1.63. The Balaban J connectivity index is 0. The number of aliphatic carboxylic acids is 1. The van der Waals surface area contributed by atoms with E-state index >= 15 is 0 Å². The zero-order valence-electron chi connectivity index (χ0n) is 3.51. The van der Waals surface area contributed by atoms with E-state index in [4.69, 9.17) is 5.11 Å². The van der Waals surface area contributed by atoms with Gasteiger partial charge in [0.2, 0.25) is 0 Å². The Morgan fingerprint density at radius 1 is 1.71 bits per heavy atom. The van der Waals surface area contributed by atoms with E-state index < -0.39 is 5.97 Å². The Labute approximate surface area is 79.5 Å². The molecule has 0 amide bonds. The number of allylic oxidation sites excluding steroid dienone is 1. The van der Waals surface area contributed by atoms with Gasteiger partial charge in [-0.3, -0.25) is 0 Å². The van der Waals surface area contributed by atoms with Crippen molar-refractivity contribution in [3.63, 3.8) is 0 Å². The van der Waals surface area contributed by atoms with Crippen LogP contribution in [0.5, 0.6) is 0 Å². The van der Waals surface area contributed by atoms with E-state index in [0.29, 0.717) is 0 Å². The van der Waals surface area contributed by atoms with Gasteiger partial charge in [-0.25, -0.2) is 4.79 Å². The molecule has 0 rings (SSSR count). The van der Waals surface area contributed by atoms with Gasteiger partial charge in [0, 0.05) is 6.08 Å². The van der Waals surface area contributed by atoms with Crippen LogP contribution in [0, 0.1) is 0 Å². The Morgan fingerprint density at radius 3 is 2.14 bits per heavy atom. The van der Waals surface area contributed by atoms with E-state index in [9.17, 15) is 4.79 Å². The van der Waals surface area contributed by atoms with Gasteiger partial charge >= 0.3 is 51.5 Å². The molecule has 0 aliphatic heterocycles. The van der Waals surface area contributed by atoms with E-state index in [1.807, 2.05) is 0 Å². The van der Waals surface area contributed by atoms with E-state index in [1.54, 1.807) is 6.92 Å². The summed E-state index contributed by atoms with van der Waals surface area (Å²) in [6.45, 7) is 1.66. The summed E-state index contributed by atoms with van der Waals surface area (Å²) >= 11 is 0. The van der Waals surface area contributed by atoms with Gasteiger partial charge in [0.05, 0.1) is 0 Å². The fourth-order valence-corrected chi connectivity index (χ4v) is 0.143. The van der Waals surface area contributed by atoms with Crippen molar-refractivity contribution < 1.29 is 9.90 Å². The normalized spacial score (nSPS) is 8.14. The van der Waals surface area contributed by atoms with Crippen LogP contribution in [-0.4, -0.2) is 56.6 Å². The summed E-state index contributed by atoms with van der Waals surface area (Å²) < 4.78 is 0. The molecule has 0 spiro atoms. The molecule has 0 atom stereocenters. The van der Waals surface area contributed by atoms with Gasteiger partial charge in [0.15, 0.2) is 0 Å². The van der Waals surface area contributed by atoms with E-state index in [1.165, 1.54) is 6.08 Å². The fraction of sp³-hybridized carbons (Fsp3) is 0.250. The van der Waals surface area contributed by atoms with Crippen molar-refractivity contribution in [3.05, 3.63) is 12.2 Å². The molecule has 0 radical (unpaired) electrons. The molecule has 0 saturated heterocycles. The zero-order valence-corrected chi connectivity index (χ0v) is 3.51. The molecule has 7 heavy (non-hydrogen) atoms. The van der Waals surface area contributed by atoms with Gasteiger partial charge < -0.3 is 5.11 Å². The van der Waals surface area contributed by atoms with Gasteiger partial charge in [-0.15, -0.1) is 0 Å². The third-order valence-electron chi connectivity index (χ3n) is 0.309. The number of carboxylic acids is 1. The predicted molar refractivity (Wildman–Crippen MR) is 31.0 cm³/mol. The molecule has 2 nitrogen and oxygen atoms in total. The van der Waals surface area contributed by atoms with Crippen molar-refractivity contribution in [2.75, 3.05) is 0 Å². The standard InChI is InChI=1S/C4H6O2.Sr.2H/c1-2-3-4(5)6;;;/h2-3H,1H3,(H,5,6);;;/b3-2+;;;. The molecule has 1 N–H and O–H groups in total. The molecule has 0 aliphatic carbocycles. The average molecular weight is 176 g/mol. The van der Waals surface area contributed by atoms with Gasteiger partial charge in [-0.1, -0.05) is 6.08 Å². The second kappa shape index (κ2) is 6.69. The summed E-state index contributed by atoms with van der Waals surface area (Å²) in [5, 5.41) is 7.83. The summed E-state index contributed by atoms with van der Waals surface area (Å²) in [6, 6.07) is 0. The van der Waals surface area contributed by atoms with E-state index in [-0.39, 0.29) is 45.5 Å². The topological polar surface area (TPSA) is 37.3 Å². The van der Waals surface area contributed by atoms with E-state index in [2.05, 4.69) is 0 Å². The SMILES string of the molecule is C/C=C/C(=O)O.[SrH2]. The molecular formula is C4H8O2Sr. The quantitative estimate of drug-likeness (QED) is 0.440. The van der Waals surface area contributed by atoms with Crippen molar-refractivity contribution >= 4 is 51.5 Å². The predicted octanol–water partition coefficient (Wildman–Crippen LogP) is -0.269. The van der Waals surface area contributed by atoms with Gasteiger partial charge in [0.25, 0.3) is 0 Å². The number of rotatable bonds is 1. The number of hydrogen-bond donors (Lipinski definition) is 1. The van der Waals surface area contributed by atoms with Crippen LogP contribution < -0.4 is 0 Å². The van der Waals surface area contributed by atoms with E-state index in [0.717, 1.165) is 6.08 Å². The van der Waals surface area contributed by atoms with Crippen molar-refractivity contribution in [2.45, 2.75) is 6.92 Å². The second-order valence-corrected chi connectivity index (χ2v) is 0.838. The van der Waals surface area contributed by atoms with Crippen LogP contribution >= 0.6 is 0 Å². The molecule has 0 saturated carbocycles. The van der Waals surface area contributed by atoms with Crippen molar-refractivity contribution in [1.82, 2.24) is 0 Å². The van der Waals surface area contributed by atoms with Crippen LogP contribution in [-0.2, 0) is 4.79 Å². The fourth-order valence-electron chi connectivity index (χ4n) is 0.143. The minimum atomic E-state index is -0.891. The van der Waals surface area contributed by atoms with Crippen LogP contribution in [0.15, 0.2) is 12.2 Å². The minimum absolute atomic E-state index is 0. The molecule has 0 aromatic heterocycles. The average Bonchev–Trinajstić information content (AvgIpc) is 1.35. The molecule has 3 heteroatoms. The summed E-state index contributed by atoms with van der Waals surface area (Å²) in [5.41, 5.74) is 0. The second-order valence-electron chi connectivity index (χ2n) is 0.838. The van der Waals surface area contributed by atoms with Crippen LogP contribution in [0.1, 0.15) is 6.92 Å². The van der Waals surface area contributed by atoms with Crippen molar-refractivity contribution in [2.24, 2.45) is 0 Å². The molecular weight excluding hydrogens is 168 g/mol. The zero-order chi connectivity index (χ0) is 4.99. The Kier molecular flexibility index (Phi) is 10.2. The van der Waals surface area contributed by atoms with Gasteiger partial charge in [0.1, 0.15) is 0 Å². The summed E-state index contributed by atoms with van der Waals surface area (Å²) in [6.07, 6.45) is 2.56. The molecule has 0 unspecified atom stereocenters. The maximum absolute atomic E-state index is 9.51. The molecule has 0 aromatic rings. The third-order valence-corrected chi connectivity index (χ3v) is 0.309. The Morgan fingerprint density at radius 2 is 2.14 bits per heavy atom. The van der Waals surface area contributed by atoms with Crippen LogP contribution in [0.3, 0.4) is 0 Å². The van der Waals surface area contributed by atoms with Crippen molar-refractivity contribution in [1.29, 1.82) is 0 Å². The first-order valence-corrected chi connectivity index (χ1v) is 1.63. The van der Waals surface area contributed by atoms with Gasteiger partial charge in [-0.05, 0) is 6.92 Å². The summed E-state index contributed by atoms with van der Waals surface area (Å²) in [7, 11) is 0. The molecule has 0 heterocycles. The third kappa shape index (κ3) is 10.8. The molecule has 0 aliphatic rings. The van der Waals surface area contributed by atoms with Crippen molar-refractivity contribution in [3.8, 4) is 0 Å². The van der Waals surface area contributed by atoms with Crippen LogP contribution in [0.2, 0.25) is 0 Å². The molecule has 0 aromatic carbocycles. The maximum atomic E-state index is 9.51. The Hall–Kier alpha value is 0.691. The number of carbonyl (C=O) groups is 1. The molecule has 0 bridgehead atoms. The van der Waals surface area contributed by atoms with Gasteiger partial charge in [-0.2, -0.15) is 0 Å². The first kappa shape index (κ1) is 10.6. The number of carboxylic acid groups (broad SMARTS) is 1. The molecule has 0 fully saturated rings. The van der Waals surface area contributed by atoms with Crippen LogP contribution in [0.4, 0.5) is 0 Å². The first-order chi connectivity index (χ1) is 2.77. The number of hydrogen-bond acceptors (Lipinski definition) is 1.